The Hall–Kier alpha value is -0.780. The van der Waals surface area contributed by atoms with Gasteiger partial charge in [0.15, 0.2) is 0 Å². The molecule has 0 radical (unpaired) electrons. The highest BCUT2D eigenvalue weighted by molar-refractivity contribution is 4.97. The van der Waals surface area contributed by atoms with Gasteiger partial charge in [-0.25, -0.2) is 0 Å². The van der Waals surface area contributed by atoms with Gasteiger partial charge in [-0.05, 0) is 38.5 Å². The van der Waals surface area contributed by atoms with Crippen LogP contribution in [0.3, 0.4) is 0 Å². The second-order valence-corrected chi connectivity index (χ2v) is 3.17. The third-order valence-electron chi connectivity index (χ3n) is 2.04. The minimum absolute atomic E-state index is 1.10. The molecule has 0 saturated carbocycles. The van der Waals surface area contributed by atoms with Crippen LogP contribution in [-0.4, -0.2) is 0 Å². The highest BCUT2D eigenvalue weighted by Gasteiger charge is 1.84. The van der Waals surface area contributed by atoms with Gasteiger partial charge in [-0.15, -0.1) is 0 Å². The number of hydrogen-bond donors (Lipinski definition) is 0. The quantitative estimate of drug-likeness (QED) is 0.472. The van der Waals surface area contributed by atoms with E-state index >= 15 is 0 Å². The topological polar surface area (TPSA) is 0 Å². The Morgan fingerprint density at radius 2 is 0.917 bits per heavy atom. The SMILES string of the molecule is C1=CCCCC/C=C/C/C=C\C1. The summed E-state index contributed by atoms with van der Waals surface area (Å²) in [6.45, 7) is 0. The van der Waals surface area contributed by atoms with Gasteiger partial charge in [-0.1, -0.05) is 36.5 Å². The summed E-state index contributed by atoms with van der Waals surface area (Å²) >= 11 is 0. The average Bonchev–Trinajstić information content (AvgIpc) is 2.05. The summed E-state index contributed by atoms with van der Waals surface area (Å²) in [6.07, 6.45) is 21.0. The van der Waals surface area contributed by atoms with Crippen molar-refractivity contribution in [3.8, 4) is 0 Å². The van der Waals surface area contributed by atoms with Crippen LogP contribution in [-0.2, 0) is 0 Å². The second kappa shape index (κ2) is 6.90. The van der Waals surface area contributed by atoms with E-state index in [1.54, 1.807) is 0 Å². The molecule has 0 unspecified atom stereocenters. The molecule has 0 aromatic rings. The van der Waals surface area contributed by atoms with Gasteiger partial charge in [-0.2, -0.15) is 0 Å². The summed E-state index contributed by atoms with van der Waals surface area (Å²) in [6, 6.07) is 0. The lowest BCUT2D eigenvalue weighted by atomic mass is 10.1. The van der Waals surface area contributed by atoms with Gasteiger partial charge in [0, 0.05) is 0 Å². The third kappa shape index (κ3) is 4.95. The van der Waals surface area contributed by atoms with Crippen LogP contribution in [0.5, 0.6) is 0 Å². The maximum Gasteiger partial charge on any atom is -0.0169 e. The van der Waals surface area contributed by atoms with Crippen LogP contribution in [0, 0.1) is 0 Å². The minimum Gasteiger partial charge on any atom is -0.0882 e. The Kier molecular flexibility index (Phi) is 5.35. The van der Waals surface area contributed by atoms with Gasteiger partial charge in [-0.3, -0.25) is 0 Å². The third-order valence-corrected chi connectivity index (χ3v) is 2.04. The van der Waals surface area contributed by atoms with Crippen LogP contribution in [0.2, 0.25) is 0 Å². The van der Waals surface area contributed by atoms with E-state index in [0.717, 1.165) is 12.8 Å². The van der Waals surface area contributed by atoms with E-state index in [1.165, 1.54) is 25.7 Å². The monoisotopic (exact) mass is 162 g/mol. The Morgan fingerprint density at radius 3 is 1.42 bits per heavy atom. The van der Waals surface area contributed by atoms with E-state index in [4.69, 9.17) is 0 Å². The van der Waals surface area contributed by atoms with Crippen molar-refractivity contribution in [3.05, 3.63) is 36.5 Å². The van der Waals surface area contributed by atoms with Crippen molar-refractivity contribution < 1.29 is 0 Å². The van der Waals surface area contributed by atoms with E-state index in [0.29, 0.717) is 0 Å². The highest BCUT2D eigenvalue weighted by Crippen LogP contribution is 2.04. The normalized spacial score (nSPS) is 25.3. The van der Waals surface area contributed by atoms with Crippen LogP contribution in [0.25, 0.3) is 0 Å². The molecule has 0 atom stereocenters. The maximum absolute atomic E-state index is 2.30. The first-order valence-electron chi connectivity index (χ1n) is 4.95. The summed E-state index contributed by atoms with van der Waals surface area (Å²) in [5.74, 6) is 0. The predicted molar refractivity (Wildman–Crippen MR) is 55.1 cm³/mol. The molecule has 0 spiro atoms. The summed E-state index contributed by atoms with van der Waals surface area (Å²) in [7, 11) is 0. The summed E-state index contributed by atoms with van der Waals surface area (Å²) in [5.41, 5.74) is 0. The summed E-state index contributed by atoms with van der Waals surface area (Å²) < 4.78 is 0. The predicted octanol–water partition coefficient (Wildman–Crippen LogP) is 4.01. The van der Waals surface area contributed by atoms with Crippen molar-refractivity contribution in [2.75, 3.05) is 0 Å². The van der Waals surface area contributed by atoms with Gasteiger partial charge in [0.05, 0.1) is 0 Å². The van der Waals surface area contributed by atoms with E-state index in [2.05, 4.69) is 36.5 Å². The molecular weight excluding hydrogens is 144 g/mol. The van der Waals surface area contributed by atoms with E-state index in [9.17, 15) is 0 Å². The lowest BCUT2D eigenvalue weighted by molar-refractivity contribution is 0.760. The molecule has 0 N–H and O–H groups in total. The number of allylic oxidation sites excluding steroid dienone is 6. The molecule has 0 aromatic carbocycles. The van der Waals surface area contributed by atoms with Crippen molar-refractivity contribution in [1.29, 1.82) is 0 Å². The molecule has 0 nitrogen and oxygen atoms in total. The number of rotatable bonds is 0. The van der Waals surface area contributed by atoms with Crippen molar-refractivity contribution in [3.63, 3.8) is 0 Å². The first-order chi connectivity index (χ1) is 6.00. The van der Waals surface area contributed by atoms with Gasteiger partial charge in [0.25, 0.3) is 0 Å². The molecule has 0 amide bonds. The molecule has 0 saturated heterocycles. The lowest BCUT2D eigenvalue weighted by Gasteiger charge is -1.94. The van der Waals surface area contributed by atoms with Crippen molar-refractivity contribution in [2.24, 2.45) is 0 Å². The zero-order valence-electron chi connectivity index (χ0n) is 7.71. The molecular formula is C12H18. The molecule has 1 rings (SSSR count). The average molecular weight is 162 g/mol. The molecule has 0 heteroatoms. The van der Waals surface area contributed by atoms with Crippen LogP contribution >= 0.6 is 0 Å². The molecule has 66 valence electrons. The molecule has 0 fully saturated rings. The first-order valence-corrected chi connectivity index (χ1v) is 4.95. The largest absolute Gasteiger partial charge is 0.0882 e. The fourth-order valence-corrected chi connectivity index (χ4v) is 1.30. The van der Waals surface area contributed by atoms with Gasteiger partial charge in [0.1, 0.15) is 0 Å². The molecule has 0 aromatic heterocycles. The zero-order valence-corrected chi connectivity index (χ0v) is 7.71. The van der Waals surface area contributed by atoms with Crippen LogP contribution in [0.1, 0.15) is 38.5 Å². The van der Waals surface area contributed by atoms with E-state index in [1.807, 2.05) is 0 Å². The molecule has 1 aliphatic rings. The van der Waals surface area contributed by atoms with Crippen LogP contribution < -0.4 is 0 Å². The van der Waals surface area contributed by atoms with Gasteiger partial charge in [0.2, 0.25) is 0 Å². The second-order valence-electron chi connectivity index (χ2n) is 3.17. The Balaban J connectivity index is 2.31. The minimum atomic E-state index is 1.10. The Morgan fingerprint density at radius 1 is 0.500 bits per heavy atom. The van der Waals surface area contributed by atoms with Gasteiger partial charge >= 0.3 is 0 Å². The smallest absolute Gasteiger partial charge is 0.0169 e. The molecule has 0 aliphatic heterocycles. The Labute approximate surface area is 75.7 Å². The fraction of sp³-hybridized carbons (Fsp3) is 0.500. The van der Waals surface area contributed by atoms with Gasteiger partial charge < -0.3 is 0 Å². The van der Waals surface area contributed by atoms with Crippen molar-refractivity contribution >= 4 is 0 Å². The summed E-state index contributed by atoms with van der Waals surface area (Å²) in [5, 5.41) is 0. The van der Waals surface area contributed by atoms with Crippen molar-refractivity contribution in [2.45, 2.75) is 38.5 Å². The van der Waals surface area contributed by atoms with Crippen LogP contribution in [0.4, 0.5) is 0 Å². The molecule has 12 heavy (non-hydrogen) atoms. The molecule has 1 aliphatic carbocycles. The van der Waals surface area contributed by atoms with Crippen molar-refractivity contribution in [1.82, 2.24) is 0 Å². The molecule has 0 heterocycles. The number of hydrogen-bond acceptors (Lipinski definition) is 0. The fourth-order valence-electron chi connectivity index (χ4n) is 1.30. The van der Waals surface area contributed by atoms with Crippen LogP contribution in [0.15, 0.2) is 36.5 Å². The van der Waals surface area contributed by atoms with E-state index in [-0.39, 0.29) is 0 Å². The van der Waals surface area contributed by atoms with E-state index < -0.39 is 0 Å². The molecule has 0 bridgehead atoms. The maximum atomic E-state index is 2.30. The zero-order chi connectivity index (χ0) is 8.49. The standard InChI is InChI=1S/C12H18/c1-2-4-6-8-10-12-11-9-7-5-3-1/h1-2,5-8H,3-4,9-12H2/b2-1-,7-5+,8-6?. The first kappa shape index (κ1) is 9.31. The summed E-state index contributed by atoms with van der Waals surface area (Å²) in [4.78, 5) is 0. The lowest BCUT2D eigenvalue weighted by Crippen LogP contribution is -1.73. The Bertz CT molecular complexity index is 152. The highest BCUT2D eigenvalue weighted by atomic mass is 13.9.